The van der Waals surface area contributed by atoms with Gasteiger partial charge in [0.1, 0.15) is 0 Å². The van der Waals surface area contributed by atoms with E-state index in [4.69, 9.17) is 9.90 Å². The van der Waals surface area contributed by atoms with Gasteiger partial charge in [0.05, 0.1) is 11.6 Å². The summed E-state index contributed by atoms with van der Waals surface area (Å²) in [4.78, 5) is 28.9. The Hall–Kier alpha value is -2.72. The van der Waals surface area contributed by atoms with Crippen molar-refractivity contribution < 1.29 is 33.0 Å². The van der Waals surface area contributed by atoms with Crippen molar-refractivity contribution in [3.05, 3.63) is 18.1 Å². The second kappa shape index (κ2) is 8.34. The Bertz CT molecular complexity index is 811. The van der Waals surface area contributed by atoms with Crippen LogP contribution in [0.4, 0.5) is 19.0 Å². The van der Waals surface area contributed by atoms with Gasteiger partial charge in [-0.1, -0.05) is 0 Å². The Labute approximate surface area is 164 Å². The Morgan fingerprint density at radius 1 is 1.07 bits per heavy atom. The van der Waals surface area contributed by atoms with Gasteiger partial charge in [0.2, 0.25) is 0 Å². The number of nitrogens with one attached hydrogen (secondary N) is 1. The minimum atomic E-state index is -5.08. The van der Waals surface area contributed by atoms with Gasteiger partial charge in [-0.25, -0.2) is 9.78 Å². The fourth-order valence-electron chi connectivity index (χ4n) is 3.87. The van der Waals surface area contributed by atoms with Crippen molar-refractivity contribution in [1.29, 1.82) is 0 Å². The van der Waals surface area contributed by atoms with Gasteiger partial charge in [-0.05, 0) is 50.4 Å². The fourth-order valence-corrected chi connectivity index (χ4v) is 3.87. The number of nitrogens with zero attached hydrogens (tertiary/aromatic N) is 3. The SMILES string of the molecule is O=C(O)C(F)(F)F.O=C(O)[C@@H]1C[C@H]2CC[C@@H]1C/C2=N/Nc1nccnc1C1CC1. The Morgan fingerprint density at radius 2 is 1.69 bits per heavy atom. The molecule has 0 saturated heterocycles. The number of carbonyl (C=O) groups is 2. The molecule has 29 heavy (non-hydrogen) atoms. The average molecular weight is 414 g/mol. The van der Waals surface area contributed by atoms with E-state index in [1.54, 1.807) is 12.4 Å². The maximum atomic E-state index is 11.3. The topological polar surface area (TPSA) is 125 Å². The molecule has 0 unspecified atom stereocenters. The van der Waals surface area contributed by atoms with Gasteiger partial charge in [0, 0.05) is 24.0 Å². The highest BCUT2D eigenvalue weighted by Gasteiger charge is 2.43. The lowest BCUT2D eigenvalue weighted by molar-refractivity contribution is -0.192. The molecule has 5 rings (SSSR count). The number of carboxylic acids is 2. The molecule has 4 fully saturated rings. The average Bonchev–Trinajstić information content (AvgIpc) is 3.52. The molecule has 1 aromatic heterocycles. The Balaban J connectivity index is 0.000000298. The summed E-state index contributed by atoms with van der Waals surface area (Å²) in [5.41, 5.74) is 5.22. The molecule has 11 heteroatoms. The highest BCUT2D eigenvalue weighted by Crippen LogP contribution is 2.44. The third-order valence-electron chi connectivity index (χ3n) is 5.49. The monoisotopic (exact) mass is 414 g/mol. The van der Waals surface area contributed by atoms with Crippen molar-refractivity contribution in [3.8, 4) is 0 Å². The molecular formula is C18H21F3N4O4. The number of aliphatic carboxylic acids is 2. The molecule has 4 saturated carbocycles. The molecule has 1 heterocycles. The van der Waals surface area contributed by atoms with Crippen LogP contribution in [0, 0.1) is 17.8 Å². The van der Waals surface area contributed by atoms with E-state index in [0.29, 0.717) is 11.8 Å². The van der Waals surface area contributed by atoms with Gasteiger partial charge in [0.25, 0.3) is 0 Å². The largest absolute Gasteiger partial charge is 0.490 e. The Kier molecular flexibility index (Phi) is 6.04. The summed E-state index contributed by atoms with van der Waals surface area (Å²) < 4.78 is 31.7. The highest BCUT2D eigenvalue weighted by atomic mass is 19.4. The van der Waals surface area contributed by atoms with Gasteiger partial charge >= 0.3 is 18.1 Å². The lowest BCUT2D eigenvalue weighted by Crippen LogP contribution is -2.41. The lowest BCUT2D eigenvalue weighted by Gasteiger charge is -2.41. The van der Waals surface area contributed by atoms with Crippen LogP contribution in [0.5, 0.6) is 0 Å². The first-order valence-electron chi connectivity index (χ1n) is 9.33. The predicted molar refractivity (Wildman–Crippen MR) is 95.3 cm³/mol. The second-order valence-corrected chi connectivity index (χ2v) is 7.50. The maximum Gasteiger partial charge on any atom is 0.490 e. The Morgan fingerprint density at radius 3 is 2.21 bits per heavy atom. The summed E-state index contributed by atoms with van der Waals surface area (Å²) in [7, 11) is 0. The lowest BCUT2D eigenvalue weighted by atomic mass is 9.64. The number of hydrazone groups is 1. The van der Waals surface area contributed by atoms with Crippen molar-refractivity contribution >= 4 is 23.5 Å². The number of aromatic nitrogens is 2. The molecule has 0 radical (unpaired) electrons. The van der Waals surface area contributed by atoms with Crippen molar-refractivity contribution in [1.82, 2.24) is 9.97 Å². The minimum Gasteiger partial charge on any atom is -0.481 e. The molecule has 0 aliphatic heterocycles. The zero-order valence-corrected chi connectivity index (χ0v) is 15.4. The molecule has 2 bridgehead atoms. The first-order chi connectivity index (χ1) is 13.7. The number of hydrogen-bond donors (Lipinski definition) is 3. The summed E-state index contributed by atoms with van der Waals surface area (Å²) >= 11 is 0. The molecule has 4 aliphatic carbocycles. The third-order valence-corrected chi connectivity index (χ3v) is 5.49. The number of carboxylic acid groups (broad SMARTS) is 2. The van der Waals surface area contributed by atoms with E-state index >= 15 is 0 Å². The molecule has 158 valence electrons. The fraction of sp³-hybridized carbons (Fsp3) is 0.611. The van der Waals surface area contributed by atoms with Gasteiger partial charge in [-0.2, -0.15) is 18.3 Å². The molecule has 0 spiro atoms. The van der Waals surface area contributed by atoms with Crippen LogP contribution in [0.15, 0.2) is 17.5 Å². The van der Waals surface area contributed by atoms with E-state index in [-0.39, 0.29) is 11.8 Å². The predicted octanol–water partition coefficient (Wildman–Crippen LogP) is 3.28. The van der Waals surface area contributed by atoms with Crippen LogP contribution in [0.25, 0.3) is 0 Å². The number of halogens is 3. The molecule has 4 aliphatic rings. The summed E-state index contributed by atoms with van der Waals surface area (Å²) in [5.74, 6) is -1.76. The van der Waals surface area contributed by atoms with Gasteiger partial charge in [-0.3, -0.25) is 15.2 Å². The highest BCUT2D eigenvalue weighted by molar-refractivity contribution is 5.90. The normalized spacial score (nSPS) is 27.1. The van der Waals surface area contributed by atoms with E-state index in [2.05, 4.69) is 20.5 Å². The molecule has 0 amide bonds. The molecular weight excluding hydrogens is 393 g/mol. The standard InChI is InChI=1S/C16H20N4O2.C2HF3O2/c21-16(22)12-7-11-4-3-10(12)8-13(11)19-20-15-14(9-1-2-9)17-5-6-18-15;3-2(4,5)1(6)7/h5-6,9-12H,1-4,7-8H2,(H,18,20)(H,21,22);(H,6,7)/b19-13-;/t10-,11-,12-;/m1./s1. The quantitative estimate of drug-likeness (QED) is 0.646. The first-order valence-corrected chi connectivity index (χ1v) is 9.33. The molecule has 3 atom stereocenters. The van der Waals surface area contributed by atoms with Crippen LogP contribution in [-0.4, -0.2) is 44.0 Å². The molecule has 0 aromatic carbocycles. The van der Waals surface area contributed by atoms with Crippen molar-refractivity contribution in [2.24, 2.45) is 22.9 Å². The third kappa shape index (κ3) is 5.21. The van der Waals surface area contributed by atoms with E-state index in [1.165, 1.54) is 12.8 Å². The maximum absolute atomic E-state index is 11.3. The van der Waals surface area contributed by atoms with Crippen LogP contribution in [-0.2, 0) is 9.59 Å². The van der Waals surface area contributed by atoms with Gasteiger partial charge < -0.3 is 10.2 Å². The van der Waals surface area contributed by atoms with Crippen LogP contribution >= 0.6 is 0 Å². The van der Waals surface area contributed by atoms with Crippen LogP contribution in [0.2, 0.25) is 0 Å². The van der Waals surface area contributed by atoms with E-state index < -0.39 is 18.1 Å². The minimum absolute atomic E-state index is 0.184. The number of fused-ring (bicyclic) bond motifs is 3. The van der Waals surface area contributed by atoms with Crippen LogP contribution in [0.1, 0.15) is 50.1 Å². The zero-order chi connectivity index (χ0) is 21.2. The van der Waals surface area contributed by atoms with E-state index in [0.717, 1.165) is 42.9 Å². The zero-order valence-electron chi connectivity index (χ0n) is 15.4. The summed E-state index contributed by atoms with van der Waals surface area (Å²) in [6, 6.07) is 0. The number of anilines is 1. The number of rotatable bonds is 4. The van der Waals surface area contributed by atoms with Gasteiger partial charge in [0.15, 0.2) is 5.82 Å². The summed E-state index contributed by atoms with van der Waals surface area (Å²) in [5, 5.41) is 21.0. The van der Waals surface area contributed by atoms with Crippen LogP contribution in [0.3, 0.4) is 0 Å². The van der Waals surface area contributed by atoms with Crippen molar-refractivity contribution in [2.75, 3.05) is 5.43 Å². The number of alkyl halides is 3. The molecule has 1 aromatic rings. The number of hydrogen-bond acceptors (Lipinski definition) is 6. The summed E-state index contributed by atoms with van der Waals surface area (Å²) in [6.45, 7) is 0. The van der Waals surface area contributed by atoms with Crippen LogP contribution < -0.4 is 5.43 Å². The molecule has 8 nitrogen and oxygen atoms in total. The van der Waals surface area contributed by atoms with Crippen molar-refractivity contribution in [2.45, 2.75) is 50.6 Å². The van der Waals surface area contributed by atoms with Crippen molar-refractivity contribution in [3.63, 3.8) is 0 Å². The first kappa shape index (κ1) is 21.0. The van der Waals surface area contributed by atoms with E-state index in [9.17, 15) is 23.1 Å². The summed E-state index contributed by atoms with van der Waals surface area (Å²) in [6.07, 6.45) is 4.28. The van der Waals surface area contributed by atoms with Gasteiger partial charge in [-0.15, -0.1) is 0 Å². The van der Waals surface area contributed by atoms with E-state index in [1.807, 2.05) is 0 Å². The second-order valence-electron chi connectivity index (χ2n) is 7.50. The smallest absolute Gasteiger partial charge is 0.481 e. The molecule has 3 N–H and O–H groups in total.